The van der Waals surface area contributed by atoms with Crippen molar-refractivity contribution in [3.05, 3.63) is 0 Å². The van der Waals surface area contributed by atoms with Crippen LogP contribution in [-0.2, 0) is 9.59 Å². The van der Waals surface area contributed by atoms with Crippen molar-refractivity contribution in [3.8, 4) is 0 Å². The molecule has 0 radical (unpaired) electrons. The molecule has 2 amide bonds. The van der Waals surface area contributed by atoms with Crippen LogP contribution in [0.5, 0.6) is 0 Å². The van der Waals surface area contributed by atoms with Gasteiger partial charge in [-0.05, 0) is 25.8 Å². The van der Waals surface area contributed by atoms with E-state index in [1.54, 1.807) is 0 Å². The van der Waals surface area contributed by atoms with Gasteiger partial charge in [0.2, 0.25) is 5.91 Å². The molecule has 2 aliphatic rings. The lowest BCUT2D eigenvalue weighted by Crippen LogP contribution is -2.58. The highest BCUT2D eigenvalue weighted by molar-refractivity contribution is 5.86. The molecule has 15 heavy (non-hydrogen) atoms. The summed E-state index contributed by atoms with van der Waals surface area (Å²) in [4.78, 5) is 22.8. The molecule has 86 valence electrons. The van der Waals surface area contributed by atoms with Crippen molar-refractivity contribution in [2.75, 3.05) is 13.1 Å². The molecule has 2 rings (SSSR count). The van der Waals surface area contributed by atoms with Gasteiger partial charge >= 0.3 is 0 Å². The molecule has 0 unspecified atom stereocenters. The third-order valence-electron chi connectivity index (χ3n) is 2.71. The van der Waals surface area contributed by atoms with Crippen molar-refractivity contribution in [3.63, 3.8) is 0 Å². The fourth-order valence-electron chi connectivity index (χ4n) is 1.65. The molecule has 0 aromatic rings. The summed E-state index contributed by atoms with van der Waals surface area (Å²) in [6.45, 7) is 1.54. The Balaban J connectivity index is 0.00000112. The number of halogens is 1. The number of carbonyl (C=O) groups is 2. The van der Waals surface area contributed by atoms with E-state index >= 15 is 0 Å². The largest absolute Gasteiger partial charge is 0.306 e. The van der Waals surface area contributed by atoms with Gasteiger partial charge in [-0.15, -0.1) is 12.4 Å². The third kappa shape index (κ3) is 2.82. The Hall–Kier alpha value is -0.810. The fraction of sp³-hybridized carbons (Fsp3) is 0.778. The Labute approximate surface area is 95.0 Å². The van der Waals surface area contributed by atoms with Gasteiger partial charge in [-0.1, -0.05) is 0 Å². The molecule has 0 spiro atoms. The second-order valence-electron chi connectivity index (χ2n) is 3.77. The first kappa shape index (κ1) is 12.3. The van der Waals surface area contributed by atoms with E-state index in [1.807, 2.05) is 0 Å². The minimum Gasteiger partial charge on any atom is -0.306 e. The Morgan fingerprint density at radius 1 is 1.47 bits per heavy atom. The minimum atomic E-state index is -0.0928. The van der Waals surface area contributed by atoms with Crippen molar-refractivity contribution < 1.29 is 9.59 Å². The standard InChI is InChI=1S/C9H15N3O2.ClH/c13-8-3-1-2-6-12(8)11-9(14)7-4-5-10-7;/h7,10H,1-6H2,(H,11,14);1H/t7-;/m1./s1. The predicted molar refractivity (Wildman–Crippen MR) is 57.4 cm³/mol. The molecule has 2 N–H and O–H groups in total. The van der Waals surface area contributed by atoms with Crippen LogP contribution in [0.3, 0.4) is 0 Å². The Morgan fingerprint density at radius 3 is 2.73 bits per heavy atom. The minimum absolute atomic E-state index is 0. The smallest absolute Gasteiger partial charge is 0.255 e. The predicted octanol–water partition coefficient (Wildman–Crippen LogP) is -0.186. The summed E-state index contributed by atoms with van der Waals surface area (Å²) in [6.07, 6.45) is 3.34. The van der Waals surface area contributed by atoms with Crippen molar-refractivity contribution in [1.82, 2.24) is 15.8 Å². The molecular weight excluding hydrogens is 218 g/mol. The van der Waals surface area contributed by atoms with Crippen LogP contribution in [0, 0.1) is 0 Å². The number of rotatable bonds is 2. The van der Waals surface area contributed by atoms with Gasteiger partial charge in [-0.25, -0.2) is 0 Å². The van der Waals surface area contributed by atoms with Gasteiger partial charge < -0.3 is 5.32 Å². The van der Waals surface area contributed by atoms with E-state index in [2.05, 4.69) is 10.7 Å². The van der Waals surface area contributed by atoms with Gasteiger partial charge in [0.25, 0.3) is 5.91 Å². The molecule has 0 aromatic heterocycles. The highest BCUT2D eigenvalue weighted by Crippen LogP contribution is 2.09. The maximum Gasteiger partial charge on any atom is 0.255 e. The molecule has 0 aliphatic carbocycles. The van der Waals surface area contributed by atoms with Crippen molar-refractivity contribution in [2.24, 2.45) is 0 Å². The molecule has 2 saturated heterocycles. The van der Waals surface area contributed by atoms with Crippen LogP contribution in [0.15, 0.2) is 0 Å². The zero-order valence-corrected chi connectivity index (χ0v) is 9.31. The van der Waals surface area contributed by atoms with E-state index in [4.69, 9.17) is 0 Å². The Morgan fingerprint density at radius 2 is 2.20 bits per heavy atom. The van der Waals surface area contributed by atoms with E-state index in [9.17, 15) is 9.59 Å². The number of nitrogens with one attached hydrogen (secondary N) is 2. The normalized spacial score (nSPS) is 25.2. The van der Waals surface area contributed by atoms with E-state index in [-0.39, 0.29) is 30.3 Å². The highest BCUT2D eigenvalue weighted by atomic mass is 35.5. The molecule has 5 nitrogen and oxygen atoms in total. The average molecular weight is 234 g/mol. The SMILES string of the molecule is Cl.O=C(NN1CCCCC1=O)[C@H]1CCN1. The second-order valence-corrected chi connectivity index (χ2v) is 3.77. The lowest BCUT2D eigenvalue weighted by molar-refractivity contribution is -0.144. The zero-order valence-electron chi connectivity index (χ0n) is 8.49. The lowest BCUT2D eigenvalue weighted by Gasteiger charge is -2.32. The van der Waals surface area contributed by atoms with Gasteiger partial charge in [0, 0.05) is 13.0 Å². The van der Waals surface area contributed by atoms with Crippen molar-refractivity contribution in [2.45, 2.75) is 31.7 Å². The summed E-state index contributed by atoms with van der Waals surface area (Å²) in [5.74, 6) is -0.0459. The lowest BCUT2D eigenvalue weighted by atomic mass is 10.1. The van der Waals surface area contributed by atoms with E-state index in [0.29, 0.717) is 13.0 Å². The monoisotopic (exact) mass is 233 g/mol. The first-order chi connectivity index (χ1) is 6.77. The van der Waals surface area contributed by atoms with Gasteiger partial charge in [-0.2, -0.15) is 0 Å². The van der Waals surface area contributed by atoms with Crippen LogP contribution < -0.4 is 10.7 Å². The first-order valence-electron chi connectivity index (χ1n) is 5.11. The summed E-state index contributed by atoms with van der Waals surface area (Å²) in [6, 6.07) is -0.0928. The molecule has 0 aromatic carbocycles. The van der Waals surface area contributed by atoms with Gasteiger partial charge in [0.1, 0.15) is 0 Å². The molecule has 6 heteroatoms. The quantitative estimate of drug-likeness (QED) is 0.695. The van der Waals surface area contributed by atoms with Crippen LogP contribution >= 0.6 is 12.4 Å². The van der Waals surface area contributed by atoms with Crippen LogP contribution in [0.1, 0.15) is 25.7 Å². The fourth-order valence-corrected chi connectivity index (χ4v) is 1.65. The number of amides is 2. The molecule has 1 atom stereocenters. The molecular formula is C9H16ClN3O2. The van der Waals surface area contributed by atoms with Crippen LogP contribution in [-0.4, -0.2) is 36.0 Å². The van der Waals surface area contributed by atoms with Gasteiger partial charge in [-0.3, -0.25) is 20.0 Å². The summed E-state index contributed by atoms with van der Waals surface area (Å²) < 4.78 is 0. The Kier molecular flexibility index (Phi) is 4.35. The molecule has 2 fully saturated rings. The van der Waals surface area contributed by atoms with Crippen LogP contribution in [0.25, 0.3) is 0 Å². The maximum absolute atomic E-state index is 11.5. The first-order valence-corrected chi connectivity index (χ1v) is 5.11. The van der Waals surface area contributed by atoms with E-state index < -0.39 is 0 Å². The summed E-state index contributed by atoms with van der Waals surface area (Å²) in [5, 5.41) is 4.45. The summed E-state index contributed by atoms with van der Waals surface area (Å²) in [7, 11) is 0. The van der Waals surface area contributed by atoms with Gasteiger partial charge in [0.05, 0.1) is 6.04 Å². The Bertz CT molecular complexity index is 256. The number of piperidine rings is 1. The van der Waals surface area contributed by atoms with Crippen LogP contribution in [0.2, 0.25) is 0 Å². The topological polar surface area (TPSA) is 61.4 Å². The zero-order chi connectivity index (χ0) is 9.97. The molecule has 2 aliphatic heterocycles. The average Bonchev–Trinajstić information content (AvgIpc) is 2.05. The van der Waals surface area contributed by atoms with E-state index in [0.717, 1.165) is 25.8 Å². The molecule has 2 heterocycles. The third-order valence-corrected chi connectivity index (χ3v) is 2.71. The summed E-state index contributed by atoms with van der Waals surface area (Å²) >= 11 is 0. The molecule has 0 bridgehead atoms. The maximum atomic E-state index is 11.5. The number of carbonyl (C=O) groups excluding carboxylic acids is 2. The van der Waals surface area contributed by atoms with Crippen molar-refractivity contribution >= 4 is 24.2 Å². The summed E-state index contributed by atoms with van der Waals surface area (Å²) in [5.41, 5.74) is 2.65. The van der Waals surface area contributed by atoms with E-state index in [1.165, 1.54) is 5.01 Å². The van der Waals surface area contributed by atoms with Crippen LogP contribution in [0.4, 0.5) is 0 Å². The number of hydrazine groups is 1. The number of hydrogen-bond acceptors (Lipinski definition) is 3. The molecule has 0 saturated carbocycles. The number of nitrogens with zero attached hydrogens (tertiary/aromatic N) is 1. The second kappa shape index (κ2) is 5.32. The van der Waals surface area contributed by atoms with Gasteiger partial charge in [0.15, 0.2) is 0 Å². The highest BCUT2D eigenvalue weighted by Gasteiger charge is 2.27. The van der Waals surface area contributed by atoms with Crippen molar-refractivity contribution in [1.29, 1.82) is 0 Å². The number of hydrogen-bond donors (Lipinski definition) is 2.